The second-order valence-electron chi connectivity index (χ2n) is 6.07. The number of aromatic nitrogens is 4. The van der Waals surface area contributed by atoms with Crippen molar-refractivity contribution in [3.63, 3.8) is 0 Å². The van der Waals surface area contributed by atoms with Gasteiger partial charge in [0.1, 0.15) is 0 Å². The van der Waals surface area contributed by atoms with Gasteiger partial charge in [0.2, 0.25) is 0 Å². The van der Waals surface area contributed by atoms with Crippen LogP contribution in [0.2, 0.25) is 0 Å². The van der Waals surface area contributed by atoms with E-state index in [4.69, 9.17) is 4.74 Å². The van der Waals surface area contributed by atoms with Crippen molar-refractivity contribution in [1.29, 1.82) is 0 Å². The molecule has 6 heteroatoms. The third kappa shape index (κ3) is 3.86. The fourth-order valence-electron chi connectivity index (χ4n) is 2.76. The Hall–Kier alpha value is -3.51. The topological polar surface area (TPSA) is 72.8 Å². The van der Waals surface area contributed by atoms with E-state index in [1.165, 1.54) is 4.68 Å². The van der Waals surface area contributed by atoms with Gasteiger partial charge in [0.25, 0.3) is 5.56 Å². The highest BCUT2D eigenvalue weighted by Crippen LogP contribution is 2.14. The summed E-state index contributed by atoms with van der Waals surface area (Å²) in [5, 5.41) is 2.96. The minimum Gasteiger partial charge on any atom is -0.372 e. The molecule has 0 unspecified atom stereocenters. The Morgan fingerprint density at radius 3 is 2.52 bits per heavy atom. The lowest BCUT2D eigenvalue weighted by atomic mass is 10.2. The minimum atomic E-state index is -0.163. The zero-order valence-electron chi connectivity index (χ0n) is 14.6. The van der Waals surface area contributed by atoms with E-state index in [2.05, 4.69) is 15.1 Å². The molecule has 134 valence electrons. The summed E-state index contributed by atoms with van der Waals surface area (Å²) in [4.78, 5) is 21.1. The summed E-state index contributed by atoms with van der Waals surface area (Å²) in [7, 11) is 0. The molecule has 0 aliphatic rings. The van der Waals surface area contributed by atoms with Gasteiger partial charge >= 0.3 is 0 Å². The fourth-order valence-corrected chi connectivity index (χ4v) is 2.76. The first-order valence-electron chi connectivity index (χ1n) is 8.59. The maximum absolute atomic E-state index is 12.6. The molecular weight excluding hydrogens is 340 g/mol. The molecule has 6 nitrogen and oxygen atoms in total. The van der Waals surface area contributed by atoms with Crippen LogP contribution < -0.4 is 5.56 Å². The molecule has 0 atom stereocenters. The Bertz CT molecular complexity index is 1050. The van der Waals surface area contributed by atoms with Crippen molar-refractivity contribution in [2.45, 2.75) is 13.2 Å². The van der Waals surface area contributed by atoms with Crippen LogP contribution in [-0.2, 0) is 18.0 Å². The van der Waals surface area contributed by atoms with Crippen LogP contribution >= 0.6 is 0 Å². The average molecular weight is 358 g/mol. The van der Waals surface area contributed by atoms with E-state index >= 15 is 0 Å². The van der Waals surface area contributed by atoms with Crippen LogP contribution in [-0.4, -0.2) is 19.7 Å². The normalized spacial score (nSPS) is 10.8. The van der Waals surface area contributed by atoms with Crippen molar-refractivity contribution in [3.8, 4) is 16.9 Å². The summed E-state index contributed by atoms with van der Waals surface area (Å²) in [6, 6.07) is 17.4. The Balaban J connectivity index is 1.45. The zero-order valence-corrected chi connectivity index (χ0v) is 14.6. The Morgan fingerprint density at radius 2 is 1.78 bits per heavy atom. The van der Waals surface area contributed by atoms with Crippen LogP contribution in [0, 0.1) is 0 Å². The largest absolute Gasteiger partial charge is 0.372 e. The number of rotatable bonds is 6. The van der Waals surface area contributed by atoms with Gasteiger partial charge in [-0.15, -0.1) is 0 Å². The Labute approximate surface area is 156 Å². The van der Waals surface area contributed by atoms with Crippen LogP contribution in [0.25, 0.3) is 16.9 Å². The summed E-state index contributed by atoms with van der Waals surface area (Å²) in [6.45, 7) is 1.01. The van der Waals surface area contributed by atoms with Gasteiger partial charge in [-0.1, -0.05) is 42.5 Å². The van der Waals surface area contributed by atoms with Crippen molar-refractivity contribution in [2.75, 3.05) is 0 Å². The first-order chi connectivity index (χ1) is 13.3. The Kier molecular flexibility index (Phi) is 4.89. The monoisotopic (exact) mass is 358 g/mol. The van der Waals surface area contributed by atoms with E-state index in [0.717, 1.165) is 16.7 Å². The molecule has 0 saturated carbocycles. The van der Waals surface area contributed by atoms with Crippen LogP contribution in [0.4, 0.5) is 0 Å². The van der Waals surface area contributed by atoms with Gasteiger partial charge in [0, 0.05) is 30.4 Å². The number of H-pyrrole nitrogens is 1. The number of nitrogens with zero attached hydrogens (tertiary/aromatic N) is 3. The molecule has 3 heterocycles. The molecule has 1 N–H and O–H groups in total. The number of hydrogen-bond donors (Lipinski definition) is 1. The fraction of sp³-hybridized carbons (Fsp3) is 0.0952. The SMILES string of the molecule is O=c1c(-c2cccnc2)c[nH]n1-c1ccc(COCc2ccccc2)cn1. The molecule has 4 rings (SSSR count). The molecule has 4 aromatic rings. The Morgan fingerprint density at radius 1 is 0.926 bits per heavy atom. The second-order valence-corrected chi connectivity index (χ2v) is 6.07. The highest BCUT2D eigenvalue weighted by atomic mass is 16.5. The molecule has 0 bridgehead atoms. The molecule has 0 aliphatic heterocycles. The number of pyridine rings is 2. The quantitative estimate of drug-likeness (QED) is 0.574. The molecular formula is C21H18N4O2. The first kappa shape index (κ1) is 16.9. The van der Waals surface area contributed by atoms with Gasteiger partial charge in [-0.2, -0.15) is 0 Å². The van der Waals surface area contributed by atoms with E-state index in [9.17, 15) is 4.79 Å². The number of aromatic amines is 1. The van der Waals surface area contributed by atoms with Crippen LogP contribution in [0.3, 0.4) is 0 Å². The van der Waals surface area contributed by atoms with Crippen molar-refractivity contribution in [2.24, 2.45) is 0 Å². The summed E-state index contributed by atoms with van der Waals surface area (Å²) in [5.74, 6) is 0.530. The van der Waals surface area contributed by atoms with Gasteiger partial charge < -0.3 is 4.74 Å². The van der Waals surface area contributed by atoms with Gasteiger partial charge in [0.15, 0.2) is 5.82 Å². The van der Waals surface area contributed by atoms with Crippen LogP contribution in [0.5, 0.6) is 0 Å². The lowest BCUT2D eigenvalue weighted by molar-refractivity contribution is 0.107. The summed E-state index contributed by atoms with van der Waals surface area (Å²) < 4.78 is 7.13. The minimum absolute atomic E-state index is 0.163. The molecule has 0 saturated heterocycles. The average Bonchev–Trinajstić information content (AvgIpc) is 3.11. The van der Waals surface area contributed by atoms with Crippen molar-refractivity contribution < 1.29 is 4.74 Å². The van der Waals surface area contributed by atoms with Gasteiger partial charge in [-0.3, -0.25) is 14.9 Å². The number of nitrogens with one attached hydrogen (secondary N) is 1. The lowest BCUT2D eigenvalue weighted by Gasteiger charge is -2.06. The second kappa shape index (κ2) is 7.80. The highest BCUT2D eigenvalue weighted by Gasteiger charge is 2.10. The van der Waals surface area contributed by atoms with E-state index in [0.29, 0.717) is 24.6 Å². The van der Waals surface area contributed by atoms with E-state index in [1.54, 1.807) is 36.9 Å². The zero-order chi connectivity index (χ0) is 18.5. The number of hydrogen-bond acceptors (Lipinski definition) is 4. The van der Waals surface area contributed by atoms with Gasteiger partial charge in [-0.05, 0) is 23.3 Å². The van der Waals surface area contributed by atoms with Gasteiger partial charge in [0.05, 0.1) is 18.8 Å². The summed E-state index contributed by atoms with van der Waals surface area (Å²) in [6.07, 6.45) is 6.72. The summed E-state index contributed by atoms with van der Waals surface area (Å²) in [5.41, 5.74) is 3.23. The number of ether oxygens (including phenoxy) is 1. The van der Waals surface area contributed by atoms with Crippen LogP contribution in [0.1, 0.15) is 11.1 Å². The van der Waals surface area contributed by atoms with E-state index in [1.807, 2.05) is 42.5 Å². The maximum Gasteiger partial charge on any atom is 0.280 e. The summed E-state index contributed by atoms with van der Waals surface area (Å²) >= 11 is 0. The van der Waals surface area contributed by atoms with Gasteiger partial charge in [-0.25, -0.2) is 9.67 Å². The van der Waals surface area contributed by atoms with E-state index < -0.39 is 0 Å². The van der Waals surface area contributed by atoms with Crippen molar-refractivity contribution >= 4 is 0 Å². The van der Waals surface area contributed by atoms with Crippen LogP contribution in [0.15, 0.2) is 84.2 Å². The first-order valence-corrected chi connectivity index (χ1v) is 8.59. The third-order valence-corrected chi connectivity index (χ3v) is 4.16. The highest BCUT2D eigenvalue weighted by molar-refractivity contribution is 5.60. The molecule has 0 fully saturated rings. The predicted octanol–water partition coefficient (Wildman–Crippen LogP) is 3.34. The molecule has 3 aromatic heterocycles. The number of benzene rings is 1. The standard InChI is InChI=1S/C21H18N4O2/c26-21-19(18-7-4-10-22-12-18)13-24-25(21)20-9-8-17(11-23-20)15-27-14-16-5-2-1-3-6-16/h1-13,24H,14-15H2. The van der Waals surface area contributed by atoms with Crippen molar-refractivity contribution in [1.82, 2.24) is 19.7 Å². The third-order valence-electron chi connectivity index (χ3n) is 4.16. The maximum atomic E-state index is 12.6. The molecule has 1 aromatic carbocycles. The molecule has 27 heavy (non-hydrogen) atoms. The van der Waals surface area contributed by atoms with E-state index in [-0.39, 0.29) is 5.56 Å². The molecule has 0 aliphatic carbocycles. The molecule has 0 amide bonds. The predicted molar refractivity (Wildman–Crippen MR) is 102 cm³/mol. The van der Waals surface area contributed by atoms with Crippen molar-refractivity contribution in [3.05, 3.63) is 101 Å². The lowest BCUT2D eigenvalue weighted by Crippen LogP contribution is -2.17. The molecule has 0 radical (unpaired) electrons. The smallest absolute Gasteiger partial charge is 0.280 e. The molecule has 0 spiro atoms.